The maximum atomic E-state index is 5.87. The van der Waals surface area contributed by atoms with Crippen molar-refractivity contribution in [2.75, 3.05) is 6.54 Å². The molecule has 1 unspecified atom stereocenters. The molecule has 0 amide bonds. The van der Waals surface area contributed by atoms with Gasteiger partial charge in [0.05, 0.1) is 0 Å². The van der Waals surface area contributed by atoms with E-state index in [0.717, 1.165) is 18.9 Å². The fourth-order valence-corrected chi connectivity index (χ4v) is 3.37. The highest BCUT2D eigenvalue weighted by molar-refractivity contribution is 6.29. The maximum Gasteiger partial charge on any atom is 0.129 e. The van der Waals surface area contributed by atoms with Gasteiger partial charge in [0.2, 0.25) is 0 Å². The third kappa shape index (κ3) is 3.87. The van der Waals surface area contributed by atoms with E-state index in [-0.39, 0.29) is 0 Å². The lowest BCUT2D eigenvalue weighted by molar-refractivity contribution is 0.128. The fourth-order valence-electron chi connectivity index (χ4n) is 3.26. The summed E-state index contributed by atoms with van der Waals surface area (Å²) in [6.07, 6.45) is 10.9. The number of hydrogen-bond acceptors (Lipinski definition) is 3. The number of rotatable bonds is 5. The van der Waals surface area contributed by atoms with Gasteiger partial charge < -0.3 is 4.57 Å². The number of imidazole rings is 1. The van der Waals surface area contributed by atoms with E-state index in [1.165, 1.54) is 37.8 Å². The summed E-state index contributed by atoms with van der Waals surface area (Å²) in [5.74, 6) is 1.10. The lowest BCUT2D eigenvalue weighted by Gasteiger charge is -2.36. The SMILES string of the molecule is Cc1nccn1CCC1CCCCN1Cc1ccc(Cl)nc1. The molecule has 0 bridgehead atoms. The Hall–Kier alpha value is -1.39. The van der Waals surface area contributed by atoms with Gasteiger partial charge in [0, 0.05) is 37.7 Å². The van der Waals surface area contributed by atoms with Crippen molar-refractivity contribution in [1.82, 2.24) is 19.4 Å². The van der Waals surface area contributed by atoms with Crippen LogP contribution in [-0.2, 0) is 13.1 Å². The molecular weight excluding hydrogens is 296 g/mol. The average Bonchev–Trinajstić information content (AvgIpc) is 2.94. The van der Waals surface area contributed by atoms with Crippen LogP contribution in [0.4, 0.5) is 0 Å². The summed E-state index contributed by atoms with van der Waals surface area (Å²) in [5, 5.41) is 0.564. The van der Waals surface area contributed by atoms with Gasteiger partial charge >= 0.3 is 0 Å². The second-order valence-corrected chi connectivity index (χ2v) is 6.45. The third-order valence-electron chi connectivity index (χ3n) is 4.55. The fraction of sp³-hybridized carbons (Fsp3) is 0.529. The van der Waals surface area contributed by atoms with Crippen LogP contribution in [0.3, 0.4) is 0 Å². The van der Waals surface area contributed by atoms with Gasteiger partial charge in [-0.3, -0.25) is 4.90 Å². The molecule has 1 aliphatic rings. The molecule has 3 heterocycles. The van der Waals surface area contributed by atoms with Gasteiger partial charge in [0.25, 0.3) is 0 Å². The molecule has 0 aromatic carbocycles. The topological polar surface area (TPSA) is 34.0 Å². The average molecular weight is 319 g/mol. The molecule has 1 atom stereocenters. The predicted molar refractivity (Wildman–Crippen MR) is 88.9 cm³/mol. The number of aromatic nitrogens is 3. The molecule has 3 rings (SSSR count). The van der Waals surface area contributed by atoms with Crippen LogP contribution in [0.5, 0.6) is 0 Å². The van der Waals surface area contributed by atoms with E-state index in [9.17, 15) is 0 Å². The molecule has 5 heteroatoms. The van der Waals surface area contributed by atoms with E-state index >= 15 is 0 Å². The molecule has 118 valence electrons. The van der Waals surface area contributed by atoms with Crippen LogP contribution in [0.15, 0.2) is 30.7 Å². The van der Waals surface area contributed by atoms with E-state index in [0.29, 0.717) is 11.2 Å². The smallest absolute Gasteiger partial charge is 0.129 e. The van der Waals surface area contributed by atoms with Gasteiger partial charge in [0.15, 0.2) is 0 Å². The Bertz CT molecular complexity index is 593. The largest absolute Gasteiger partial charge is 0.335 e. The number of likely N-dealkylation sites (tertiary alicyclic amines) is 1. The minimum atomic E-state index is 0.564. The van der Waals surface area contributed by atoms with Crippen LogP contribution >= 0.6 is 11.6 Å². The van der Waals surface area contributed by atoms with Crippen molar-refractivity contribution >= 4 is 11.6 Å². The van der Waals surface area contributed by atoms with Gasteiger partial charge in [-0.15, -0.1) is 0 Å². The summed E-state index contributed by atoms with van der Waals surface area (Å²) >= 11 is 5.87. The Kier molecular flexibility index (Phi) is 5.11. The molecule has 0 spiro atoms. The molecule has 1 fully saturated rings. The molecule has 0 N–H and O–H groups in total. The van der Waals surface area contributed by atoms with E-state index in [1.54, 1.807) is 0 Å². The first-order valence-electron chi connectivity index (χ1n) is 8.04. The van der Waals surface area contributed by atoms with Crippen LogP contribution in [0.1, 0.15) is 37.1 Å². The number of nitrogens with zero attached hydrogens (tertiary/aromatic N) is 4. The zero-order valence-electron chi connectivity index (χ0n) is 13.1. The van der Waals surface area contributed by atoms with Crippen molar-refractivity contribution in [3.63, 3.8) is 0 Å². The summed E-state index contributed by atoms with van der Waals surface area (Å²) in [4.78, 5) is 11.1. The Morgan fingerprint density at radius 2 is 2.18 bits per heavy atom. The van der Waals surface area contributed by atoms with E-state index < -0.39 is 0 Å². The van der Waals surface area contributed by atoms with Crippen LogP contribution in [0.2, 0.25) is 5.15 Å². The highest BCUT2D eigenvalue weighted by Gasteiger charge is 2.22. The van der Waals surface area contributed by atoms with Gasteiger partial charge in [-0.25, -0.2) is 9.97 Å². The first kappa shape index (κ1) is 15.5. The lowest BCUT2D eigenvalue weighted by atomic mass is 9.98. The zero-order chi connectivity index (χ0) is 15.4. The highest BCUT2D eigenvalue weighted by atomic mass is 35.5. The van der Waals surface area contributed by atoms with Gasteiger partial charge in [-0.2, -0.15) is 0 Å². The molecule has 2 aromatic rings. The van der Waals surface area contributed by atoms with E-state index in [2.05, 4.69) is 38.6 Å². The molecule has 4 nitrogen and oxygen atoms in total. The Balaban J connectivity index is 1.61. The summed E-state index contributed by atoms with van der Waals surface area (Å²) in [6, 6.07) is 4.61. The first-order chi connectivity index (χ1) is 10.7. The molecule has 0 aliphatic carbocycles. The van der Waals surface area contributed by atoms with Crippen molar-refractivity contribution in [3.8, 4) is 0 Å². The van der Waals surface area contributed by atoms with Crippen LogP contribution in [0, 0.1) is 6.92 Å². The summed E-state index contributed by atoms with van der Waals surface area (Å²) in [7, 11) is 0. The first-order valence-corrected chi connectivity index (χ1v) is 8.42. The minimum absolute atomic E-state index is 0.564. The van der Waals surface area contributed by atoms with Crippen molar-refractivity contribution in [3.05, 3.63) is 47.3 Å². The quantitative estimate of drug-likeness (QED) is 0.789. The molecule has 1 saturated heterocycles. The lowest BCUT2D eigenvalue weighted by Crippen LogP contribution is -2.39. The van der Waals surface area contributed by atoms with E-state index in [4.69, 9.17) is 11.6 Å². The second kappa shape index (κ2) is 7.25. The molecule has 22 heavy (non-hydrogen) atoms. The molecular formula is C17H23ClN4. The number of piperidine rings is 1. The Labute approximate surface area is 137 Å². The predicted octanol–water partition coefficient (Wildman–Crippen LogP) is 3.68. The number of hydrogen-bond donors (Lipinski definition) is 0. The van der Waals surface area contributed by atoms with Crippen molar-refractivity contribution in [2.45, 2.75) is 51.7 Å². The van der Waals surface area contributed by atoms with Crippen LogP contribution in [0.25, 0.3) is 0 Å². The van der Waals surface area contributed by atoms with Crippen LogP contribution in [-0.4, -0.2) is 32.0 Å². The summed E-state index contributed by atoms with van der Waals surface area (Å²) < 4.78 is 2.25. The monoisotopic (exact) mass is 318 g/mol. The molecule has 0 saturated carbocycles. The van der Waals surface area contributed by atoms with Gasteiger partial charge in [0.1, 0.15) is 11.0 Å². The van der Waals surface area contributed by atoms with E-state index in [1.807, 2.05) is 18.5 Å². The van der Waals surface area contributed by atoms with Gasteiger partial charge in [-0.1, -0.05) is 24.1 Å². The van der Waals surface area contributed by atoms with Crippen molar-refractivity contribution in [1.29, 1.82) is 0 Å². The zero-order valence-corrected chi connectivity index (χ0v) is 13.8. The standard InChI is InChI=1S/C17H23ClN4/c1-14-19-8-11-21(14)10-7-16-4-2-3-9-22(16)13-15-5-6-17(18)20-12-15/h5-6,8,11-12,16H,2-4,7,9-10,13H2,1H3. The Morgan fingerprint density at radius 3 is 2.91 bits per heavy atom. The third-order valence-corrected chi connectivity index (χ3v) is 4.77. The summed E-state index contributed by atoms with van der Waals surface area (Å²) in [6.45, 7) is 5.26. The number of halogens is 1. The summed E-state index contributed by atoms with van der Waals surface area (Å²) in [5.41, 5.74) is 1.25. The molecule has 0 radical (unpaired) electrons. The minimum Gasteiger partial charge on any atom is -0.335 e. The van der Waals surface area contributed by atoms with Gasteiger partial charge in [-0.05, 0) is 44.4 Å². The molecule has 2 aromatic heterocycles. The highest BCUT2D eigenvalue weighted by Crippen LogP contribution is 2.22. The number of pyridine rings is 1. The maximum absolute atomic E-state index is 5.87. The normalized spacial score (nSPS) is 19.5. The second-order valence-electron chi connectivity index (χ2n) is 6.07. The van der Waals surface area contributed by atoms with Crippen LogP contribution < -0.4 is 0 Å². The van der Waals surface area contributed by atoms with Crippen molar-refractivity contribution in [2.24, 2.45) is 0 Å². The van der Waals surface area contributed by atoms with Crippen molar-refractivity contribution < 1.29 is 0 Å². The molecule has 1 aliphatic heterocycles. The number of aryl methyl sites for hydroxylation is 2. The Morgan fingerprint density at radius 1 is 1.27 bits per heavy atom.